The smallest absolute Gasteiger partial charge is 0.307 e. The number of nitrogens with zero attached hydrogens (tertiary/aromatic N) is 1. The number of carbonyl (C=O) groups excluding carboxylic acids is 1. The Bertz CT molecular complexity index is 527. The van der Waals surface area contributed by atoms with Gasteiger partial charge in [0.05, 0.1) is 5.60 Å². The minimum Gasteiger partial charge on any atom is -0.388 e. The molecule has 0 saturated heterocycles. The number of thiazole rings is 1. The Morgan fingerprint density at radius 1 is 1.55 bits per heavy atom. The lowest BCUT2D eigenvalue weighted by Gasteiger charge is -2.30. The monoisotopic (exact) mass is 298 g/mol. The van der Waals surface area contributed by atoms with Crippen LogP contribution < -0.4 is 10.2 Å². The molecule has 2 N–H and O–H groups in total. The maximum Gasteiger partial charge on any atom is 0.307 e. The molecular formula is C14H22N2O3S. The number of aryl methyl sites for hydroxylation is 1. The molecule has 5 nitrogen and oxygen atoms in total. The molecular weight excluding hydrogens is 276 g/mol. The summed E-state index contributed by atoms with van der Waals surface area (Å²) < 4.78 is 1.45. The summed E-state index contributed by atoms with van der Waals surface area (Å²) >= 11 is 1.10. The standard InChI is InChI=1S/C14H22N2O3S/c1-10-8-20-13(18)16(10)7-12(17)15-9-14(2,19)11-5-3-4-6-11/h8,11,19H,3-7,9H2,1-2H3,(H,15,17). The van der Waals surface area contributed by atoms with Gasteiger partial charge < -0.3 is 10.4 Å². The van der Waals surface area contributed by atoms with Crippen molar-refractivity contribution in [2.24, 2.45) is 5.92 Å². The Hall–Kier alpha value is -1.14. The molecule has 0 aliphatic heterocycles. The van der Waals surface area contributed by atoms with Crippen LogP contribution in [0.4, 0.5) is 0 Å². The van der Waals surface area contributed by atoms with Crippen LogP contribution in [0.2, 0.25) is 0 Å². The largest absolute Gasteiger partial charge is 0.388 e. The van der Waals surface area contributed by atoms with Crippen molar-refractivity contribution in [1.82, 2.24) is 9.88 Å². The van der Waals surface area contributed by atoms with Crippen LogP contribution in [0.3, 0.4) is 0 Å². The van der Waals surface area contributed by atoms with Gasteiger partial charge in [0.25, 0.3) is 0 Å². The lowest BCUT2D eigenvalue weighted by atomic mass is 9.88. The van der Waals surface area contributed by atoms with Crippen LogP contribution in [0.1, 0.15) is 38.3 Å². The number of nitrogens with one attached hydrogen (secondary N) is 1. The molecule has 20 heavy (non-hydrogen) atoms. The zero-order valence-electron chi connectivity index (χ0n) is 12.0. The first-order valence-electron chi connectivity index (χ1n) is 7.04. The number of aliphatic hydroxyl groups is 1. The van der Waals surface area contributed by atoms with Crippen molar-refractivity contribution in [3.63, 3.8) is 0 Å². The number of rotatable bonds is 5. The highest BCUT2D eigenvalue weighted by atomic mass is 32.1. The van der Waals surface area contributed by atoms with E-state index < -0.39 is 5.60 Å². The van der Waals surface area contributed by atoms with Crippen LogP contribution in [-0.2, 0) is 11.3 Å². The SMILES string of the molecule is Cc1csc(=O)n1CC(=O)NCC(C)(O)C1CCCC1. The third kappa shape index (κ3) is 3.49. The topological polar surface area (TPSA) is 71.3 Å². The fraction of sp³-hybridized carbons (Fsp3) is 0.714. The number of hydrogen-bond acceptors (Lipinski definition) is 4. The van der Waals surface area contributed by atoms with Gasteiger partial charge in [-0.25, -0.2) is 0 Å². The van der Waals surface area contributed by atoms with Gasteiger partial charge in [0, 0.05) is 17.6 Å². The highest BCUT2D eigenvalue weighted by Gasteiger charge is 2.34. The first-order valence-corrected chi connectivity index (χ1v) is 7.92. The summed E-state index contributed by atoms with van der Waals surface area (Å²) in [6, 6.07) is 0. The minimum atomic E-state index is -0.860. The molecule has 1 atom stereocenters. The molecule has 1 aliphatic rings. The van der Waals surface area contributed by atoms with E-state index in [0.717, 1.165) is 42.7 Å². The quantitative estimate of drug-likeness (QED) is 0.860. The van der Waals surface area contributed by atoms with Gasteiger partial charge in [0.1, 0.15) is 6.54 Å². The zero-order valence-corrected chi connectivity index (χ0v) is 12.8. The minimum absolute atomic E-state index is 0.0227. The van der Waals surface area contributed by atoms with E-state index >= 15 is 0 Å². The van der Waals surface area contributed by atoms with E-state index in [1.54, 1.807) is 19.2 Å². The van der Waals surface area contributed by atoms with E-state index in [-0.39, 0.29) is 29.8 Å². The van der Waals surface area contributed by atoms with E-state index in [1.807, 2.05) is 0 Å². The third-order valence-corrected chi connectivity index (χ3v) is 5.04. The molecule has 6 heteroatoms. The van der Waals surface area contributed by atoms with Crippen LogP contribution in [-0.4, -0.2) is 27.7 Å². The first-order chi connectivity index (χ1) is 9.40. The Labute approximate surface area is 122 Å². The Morgan fingerprint density at radius 2 is 2.20 bits per heavy atom. The van der Waals surface area contributed by atoms with Crippen molar-refractivity contribution in [2.45, 2.75) is 51.7 Å². The highest BCUT2D eigenvalue weighted by molar-refractivity contribution is 7.07. The van der Waals surface area contributed by atoms with Crippen molar-refractivity contribution >= 4 is 17.2 Å². The van der Waals surface area contributed by atoms with Crippen LogP contribution >= 0.6 is 11.3 Å². The average molecular weight is 298 g/mol. The van der Waals surface area contributed by atoms with E-state index in [4.69, 9.17) is 0 Å². The van der Waals surface area contributed by atoms with Gasteiger partial charge in [-0.1, -0.05) is 24.2 Å². The summed E-state index contributed by atoms with van der Waals surface area (Å²) in [4.78, 5) is 23.3. The Morgan fingerprint density at radius 3 is 2.75 bits per heavy atom. The summed E-state index contributed by atoms with van der Waals surface area (Å²) in [5, 5.41) is 14.9. The van der Waals surface area contributed by atoms with Crippen LogP contribution in [0.5, 0.6) is 0 Å². The molecule has 1 saturated carbocycles. The second kappa shape index (κ2) is 6.10. The van der Waals surface area contributed by atoms with Gasteiger partial charge in [-0.2, -0.15) is 0 Å². The van der Waals surface area contributed by atoms with Gasteiger partial charge in [-0.05, 0) is 32.6 Å². The summed E-state index contributed by atoms with van der Waals surface area (Å²) in [6.45, 7) is 3.86. The fourth-order valence-electron chi connectivity index (χ4n) is 2.77. The molecule has 1 aromatic heterocycles. The lowest BCUT2D eigenvalue weighted by Crippen LogP contribution is -2.46. The maximum absolute atomic E-state index is 11.9. The number of amides is 1. The normalized spacial score (nSPS) is 18.9. The fourth-order valence-corrected chi connectivity index (χ4v) is 3.50. The molecule has 1 amide bonds. The van der Waals surface area contributed by atoms with Gasteiger partial charge in [-0.3, -0.25) is 14.2 Å². The first kappa shape index (κ1) is 15.3. The molecule has 1 heterocycles. The molecule has 112 valence electrons. The predicted octanol–water partition coefficient (Wildman–Crippen LogP) is 1.28. The molecule has 2 rings (SSSR count). The molecule has 1 aliphatic carbocycles. The van der Waals surface area contributed by atoms with Crippen molar-refractivity contribution in [2.75, 3.05) is 6.54 Å². The van der Waals surface area contributed by atoms with Crippen LogP contribution in [0.25, 0.3) is 0 Å². The molecule has 0 bridgehead atoms. The molecule has 0 aromatic carbocycles. The highest BCUT2D eigenvalue weighted by Crippen LogP contribution is 2.33. The van der Waals surface area contributed by atoms with Crippen LogP contribution in [0, 0.1) is 12.8 Å². The molecule has 1 aromatic rings. The Kier molecular flexibility index (Phi) is 4.65. The van der Waals surface area contributed by atoms with E-state index in [0.29, 0.717) is 0 Å². The van der Waals surface area contributed by atoms with Gasteiger partial charge >= 0.3 is 4.87 Å². The van der Waals surface area contributed by atoms with Gasteiger partial charge in [0.15, 0.2) is 0 Å². The zero-order chi connectivity index (χ0) is 14.8. The van der Waals surface area contributed by atoms with Crippen molar-refractivity contribution in [3.8, 4) is 0 Å². The van der Waals surface area contributed by atoms with Gasteiger partial charge in [0.2, 0.25) is 5.91 Å². The Balaban J connectivity index is 1.87. The van der Waals surface area contributed by atoms with E-state index in [1.165, 1.54) is 4.57 Å². The number of aromatic nitrogens is 1. The number of hydrogen-bond donors (Lipinski definition) is 2. The molecule has 0 spiro atoms. The lowest BCUT2D eigenvalue weighted by molar-refractivity contribution is -0.123. The summed E-state index contributed by atoms with van der Waals surface area (Å²) in [5.41, 5.74) is -0.0708. The van der Waals surface area contributed by atoms with Crippen LogP contribution in [0.15, 0.2) is 10.2 Å². The van der Waals surface area contributed by atoms with Crippen molar-refractivity contribution < 1.29 is 9.90 Å². The second-order valence-electron chi connectivity index (χ2n) is 5.84. The molecule has 0 radical (unpaired) electrons. The van der Waals surface area contributed by atoms with Crippen molar-refractivity contribution in [1.29, 1.82) is 0 Å². The summed E-state index contributed by atoms with van der Waals surface area (Å²) in [7, 11) is 0. The molecule has 1 unspecified atom stereocenters. The summed E-state index contributed by atoms with van der Waals surface area (Å²) in [6.07, 6.45) is 4.34. The van der Waals surface area contributed by atoms with Crippen molar-refractivity contribution in [3.05, 3.63) is 20.7 Å². The molecule has 1 fully saturated rings. The third-order valence-electron chi connectivity index (χ3n) is 4.16. The van der Waals surface area contributed by atoms with E-state index in [2.05, 4.69) is 5.32 Å². The van der Waals surface area contributed by atoms with E-state index in [9.17, 15) is 14.7 Å². The second-order valence-corrected chi connectivity index (χ2v) is 6.67. The van der Waals surface area contributed by atoms with Gasteiger partial charge in [-0.15, -0.1) is 0 Å². The predicted molar refractivity (Wildman–Crippen MR) is 78.9 cm³/mol. The average Bonchev–Trinajstić information content (AvgIpc) is 3.02. The number of carbonyl (C=O) groups is 1. The maximum atomic E-state index is 11.9. The summed E-state index contributed by atoms with van der Waals surface area (Å²) in [5.74, 6) is 0.0280.